The zero-order valence-electron chi connectivity index (χ0n) is 15.8. The fourth-order valence-corrected chi connectivity index (χ4v) is 2.86. The van der Waals surface area contributed by atoms with Crippen molar-refractivity contribution < 1.29 is 19.1 Å². The van der Waals surface area contributed by atoms with Crippen molar-refractivity contribution in [2.75, 3.05) is 13.2 Å². The highest BCUT2D eigenvalue weighted by atomic mass is 16.5. The predicted molar refractivity (Wildman–Crippen MR) is 109 cm³/mol. The molecule has 4 nitrogen and oxygen atoms in total. The Hall–Kier alpha value is -3.40. The van der Waals surface area contributed by atoms with Crippen LogP contribution >= 0.6 is 0 Å². The Balaban J connectivity index is 1.84. The molecule has 0 aliphatic rings. The average molecular weight is 374 g/mol. The summed E-state index contributed by atoms with van der Waals surface area (Å²) in [5.74, 6) is -0.263. The molecule has 0 atom stereocenters. The van der Waals surface area contributed by atoms with Gasteiger partial charge in [0.2, 0.25) is 0 Å². The van der Waals surface area contributed by atoms with Crippen molar-refractivity contribution in [3.05, 3.63) is 78.9 Å². The smallest absolute Gasteiger partial charge is 0.313 e. The van der Waals surface area contributed by atoms with Crippen LogP contribution in [0.2, 0.25) is 0 Å². The summed E-state index contributed by atoms with van der Waals surface area (Å²) >= 11 is 0. The Kier molecular flexibility index (Phi) is 6.58. The Morgan fingerprint density at radius 2 is 1.29 bits per heavy atom. The zero-order chi connectivity index (χ0) is 19.8. The molecule has 0 bridgehead atoms. The van der Waals surface area contributed by atoms with Gasteiger partial charge in [0, 0.05) is 0 Å². The van der Waals surface area contributed by atoms with E-state index in [1.54, 1.807) is 6.92 Å². The molecular formula is C24H22O4. The summed E-state index contributed by atoms with van der Waals surface area (Å²) < 4.78 is 10.5. The highest BCUT2D eigenvalue weighted by Gasteiger charge is 2.12. The number of ketones is 1. The van der Waals surface area contributed by atoms with E-state index in [2.05, 4.69) is 6.07 Å². The number of rotatable bonds is 8. The van der Waals surface area contributed by atoms with Crippen molar-refractivity contribution in [1.82, 2.24) is 0 Å². The minimum atomic E-state index is -0.529. The molecule has 0 radical (unpaired) electrons. The van der Waals surface area contributed by atoms with Gasteiger partial charge in [-0.25, -0.2) is 0 Å². The lowest BCUT2D eigenvalue weighted by Gasteiger charge is -2.12. The van der Waals surface area contributed by atoms with E-state index in [4.69, 9.17) is 9.47 Å². The van der Waals surface area contributed by atoms with Crippen molar-refractivity contribution in [2.24, 2.45) is 0 Å². The van der Waals surface area contributed by atoms with Gasteiger partial charge in [-0.05, 0) is 47.4 Å². The molecule has 0 saturated heterocycles. The van der Waals surface area contributed by atoms with Gasteiger partial charge in [0.25, 0.3) is 0 Å². The summed E-state index contributed by atoms with van der Waals surface area (Å²) in [7, 11) is 0. The number of Topliss-reactive ketones (excluding diaryl/α,β-unsaturated/α-hetero) is 1. The molecule has 0 heterocycles. The molecule has 0 N–H and O–H groups in total. The van der Waals surface area contributed by atoms with E-state index < -0.39 is 5.97 Å². The molecule has 0 unspecified atom stereocenters. The summed E-state index contributed by atoms with van der Waals surface area (Å²) in [6.07, 6.45) is -0.280. The standard InChI is InChI=1S/C24H22O4/c1-2-27-24(26)16-22(25)17-28-23-14-20(18-9-5-3-6-10-18)13-21(15-23)19-11-7-4-8-12-19/h3-15H,2,16-17H2,1H3. The van der Waals surface area contributed by atoms with Gasteiger partial charge in [-0.2, -0.15) is 0 Å². The summed E-state index contributed by atoms with van der Waals surface area (Å²) in [6, 6.07) is 25.9. The first-order chi connectivity index (χ1) is 13.7. The quantitative estimate of drug-likeness (QED) is 0.415. The van der Waals surface area contributed by atoms with E-state index in [9.17, 15) is 9.59 Å². The van der Waals surface area contributed by atoms with E-state index in [1.807, 2.05) is 72.8 Å². The Morgan fingerprint density at radius 1 is 0.750 bits per heavy atom. The van der Waals surface area contributed by atoms with Gasteiger partial charge < -0.3 is 9.47 Å². The first-order valence-electron chi connectivity index (χ1n) is 9.22. The first-order valence-corrected chi connectivity index (χ1v) is 9.22. The topological polar surface area (TPSA) is 52.6 Å². The maximum atomic E-state index is 12.0. The van der Waals surface area contributed by atoms with Crippen molar-refractivity contribution in [3.8, 4) is 28.0 Å². The maximum Gasteiger partial charge on any atom is 0.313 e. The minimum Gasteiger partial charge on any atom is -0.486 e. The first kappa shape index (κ1) is 19.4. The van der Waals surface area contributed by atoms with Crippen LogP contribution in [-0.2, 0) is 14.3 Å². The highest BCUT2D eigenvalue weighted by Crippen LogP contribution is 2.31. The van der Waals surface area contributed by atoms with Crippen LogP contribution in [0.25, 0.3) is 22.3 Å². The number of esters is 1. The number of hydrogen-bond acceptors (Lipinski definition) is 4. The molecular weight excluding hydrogens is 352 g/mol. The van der Waals surface area contributed by atoms with E-state index in [-0.39, 0.29) is 25.4 Å². The Bertz CT molecular complexity index is 876. The molecule has 0 amide bonds. The van der Waals surface area contributed by atoms with Crippen LogP contribution in [0.1, 0.15) is 13.3 Å². The second-order valence-electron chi connectivity index (χ2n) is 6.29. The Morgan fingerprint density at radius 3 is 1.79 bits per heavy atom. The van der Waals surface area contributed by atoms with E-state index in [1.165, 1.54) is 0 Å². The molecule has 3 aromatic carbocycles. The van der Waals surface area contributed by atoms with Gasteiger partial charge in [-0.15, -0.1) is 0 Å². The lowest BCUT2D eigenvalue weighted by atomic mass is 9.98. The Labute approximate surface area is 164 Å². The number of ether oxygens (including phenoxy) is 2. The average Bonchev–Trinajstić information content (AvgIpc) is 2.73. The van der Waals surface area contributed by atoms with E-state index in [0.29, 0.717) is 5.75 Å². The molecule has 3 aromatic rings. The molecule has 0 saturated carbocycles. The molecule has 4 heteroatoms. The van der Waals surface area contributed by atoms with Crippen LogP contribution < -0.4 is 4.74 Å². The molecule has 28 heavy (non-hydrogen) atoms. The lowest BCUT2D eigenvalue weighted by molar-refractivity contribution is -0.145. The van der Waals surface area contributed by atoms with Gasteiger partial charge in [-0.1, -0.05) is 60.7 Å². The third-order valence-electron chi connectivity index (χ3n) is 4.17. The fraction of sp³-hybridized carbons (Fsp3) is 0.167. The number of hydrogen-bond donors (Lipinski definition) is 0. The normalized spacial score (nSPS) is 10.3. The lowest BCUT2D eigenvalue weighted by Crippen LogP contribution is -2.17. The molecule has 0 aliphatic carbocycles. The molecule has 0 fully saturated rings. The van der Waals surface area contributed by atoms with Crippen molar-refractivity contribution in [1.29, 1.82) is 0 Å². The van der Waals surface area contributed by atoms with Gasteiger partial charge in [0.15, 0.2) is 5.78 Å². The summed E-state index contributed by atoms with van der Waals surface area (Å²) in [5, 5.41) is 0. The fourth-order valence-electron chi connectivity index (χ4n) is 2.86. The van der Waals surface area contributed by atoms with Crippen LogP contribution in [0.4, 0.5) is 0 Å². The maximum absolute atomic E-state index is 12.0. The van der Waals surface area contributed by atoms with E-state index in [0.717, 1.165) is 22.3 Å². The van der Waals surface area contributed by atoms with Crippen LogP contribution in [-0.4, -0.2) is 25.0 Å². The molecule has 0 aromatic heterocycles. The third kappa shape index (κ3) is 5.30. The third-order valence-corrected chi connectivity index (χ3v) is 4.17. The highest BCUT2D eigenvalue weighted by molar-refractivity contribution is 5.96. The summed E-state index contributed by atoms with van der Waals surface area (Å²) in [4.78, 5) is 23.4. The monoisotopic (exact) mass is 374 g/mol. The second kappa shape index (κ2) is 9.51. The van der Waals surface area contributed by atoms with Crippen LogP contribution in [0.5, 0.6) is 5.75 Å². The van der Waals surface area contributed by atoms with Crippen molar-refractivity contribution >= 4 is 11.8 Å². The molecule has 3 rings (SSSR count). The summed E-state index contributed by atoms with van der Waals surface area (Å²) in [5.41, 5.74) is 4.11. The molecule has 0 spiro atoms. The SMILES string of the molecule is CCOC(=O)CC(=O)COc1cc(-c2ccccc2)cc(-c2ccccc2)c1. The molecule has 0 aliphatic heterocycles. The van der Waals surface area contributed by atoms with Crippen LogP contribution in [0, 0.1) is 0 Å². The van der Waals surface area contributed by atoms with Crippen molar-refractivity contribution in [3.63, 3.8) is 0 Å². The number of benzene rings is 3. The zero-order valence-corrected chi connectivity index (χ0v) is 15.8. The van der Waals surface area contributed by atoms with Crippen LogP contribution in [0.3, 0.4) is 0 Å². The van der Waals surface area contributed by atoms with Crippen molar-refractivity contribution in [2.45, 2.75) is 13.3 Å². The number of carbonyl (C=O) groups is 2. The minimum absolute atomic E-state index is 0.175. The second-order valence-corrected chi connectivity index (χ2v) is 6.29. The number of carbonyl (C=O) groups excluding carboxylic acids is 2. The largest absolute Gasteiger partial charge is 0.486 e. The van der Waals surface area contributed by atoms with Gasteiger partial charge in [0.05, 0.1) is 6.61 Å². The van der Waals surface area contributed by atoms with Gasteiger partial charge in [0.1, 0.15) is 18.8 Å². The molecule has 142 valence electrons. The van der Waals surface area contributed by atoms with Gasteiger partial charge >= 0.3 is 5.97 Å². The summed E-state index contributed by atoms with van der Waals surface area (Å²) in [6.45, 7) is 1.79. The van der Waals surface area contributed by atoms with Gasteiger partial charge in [-0.3, -0.25) is 9.59 Å². The predicted octanol–water partition coefficient (Wildman–Crippen LogP) is 4.92. The van der Waals surface area contributed by atoms with E-state index >= 15 is 0 Å². The van der Waals surface area contributed by atoms with Crippen LogP contribution in [0.15, 0.2) is 78.9 Å².